The molecule has 0 saturated heterocycles. The van der Waals surface area contributed by atoms with Crippen molar-refractivity contribution in [1.82, 2.24) is 10.1 Å². The topological polar surface area (TPSA) is 85.5 Å². The molecule has 20 heavy (non-hydrogen) atoms. The van der Waals surface area contributed by atoms with Gasteiger partial charge in [-0.2, -0.15) is 4.98 Å². The van der Waals surface area contributed by atoms with Crippen LogP contribution in [0.1, 0.15) is 37.0 Å². The fraction of sp³-hybridized carbons (Fsp3) is 0.357. The molecule has 0 saturated carbocycles. The van der Waals surface area contributed by atoms with Crippen LogP contribution in [0.2, 0.25) is 0 Å². The van der Waals surface area contributed by atoms with Crippen molar-refractivity contribution in [2.75, 3.05) is 0 Å². The SMILES string of the molecule is CC(C)c1noc(COc2cccc(CC(=O)O)c2)n1. The molecule has 2 aromatic rings. The molecule has 6 nitrogen and oxygen atoms in total. The van der Waals surface area contributed by atoms with Crippen LogP contribution in [-0.2, 0) is 17.8 Å². The van der Waals surface area contributed by atoms with E-state index >= 15 is 0 Å². The monoisotopic (exact) mass is 276 g/mol. The molecule has 106 valence electrons. The Hall–Kier alpha value is -2.37. The van der Waals surface area contributed by atoms with E-state index in [1.54, 1.807) is 24.3 Å². The van der Waals surface area contributed by atoms with E-state index in [0.717, 1.165) is 0 Å². The van der Waals surface area contributed by atoms with Gasteiger partial charge in [0.05, 0.1) is 6.42 Å². The molecule has 0 aliphatic rings. The smallest absolute Gasteiger partial charge is 0.307 e. The van der Waals surface area contributed by atoms with Gasteiger partial charge in [-0.25, -0.2) is 0 Å². The predicted octanol–water partition coefficient (Wildman–Crippen LogP) is 2.40. The van der Waals surface area contributed by atoms with Crippen LogP contribution in [0.3, 0.4) is 0 Å². The lowest BCUT2D eigenvalue weighted by Crippen LogP contribution is -2.01. The Balaban J connectivity index is 1.97. The lowest BCUT2D eigenvalue weighted by molar-refractivity contribution is -0.136. The van der Waals surface area contributed by atoms with E-state index < -0.39 is 5.97 Å². The Morgan fingerprint density at radius 2 is 2.25 bits per heavy atom. The normalized spacial score (nSPS) is 10.8. The maximum atomic E-state index is 10.7. The third-order valence-corrected chi connectivity index (χ3v) is 2.62. The van der Waals surface area contributed by atoms with Crippen molar-refractivity contribution in [3.05, 3.63) is 41.5 Å². The van der Waals surface area contributed by atoms with E-state index in [1.165, 1.54) is 0 Å². The molecule has 1 N–H and O–H groups in total. The summed E-state index contributed by atoms with van der Waals surface area (Å²) >= 11 is 0. The van der Waals surface area contributed by atoms with Crippen LogP contribution in [0.4, 0.5) is 0 Å². The number of carbonyl (C=O) groups is 1. The first kappa shape index (κ1) is 14.0. The van der Waals surface area contributed by atoms with Crippen LogP contribution in [0.15, 0.2) is 28.8 Å². The van der Waals surface area contributed by atoms with Gasteiger partial charge in [0.25, 0.3) is 5.89 Å². The van der Waals surface area contributed by atoms with Gasteiger partial charge < -0.3 is 14.4 Å². The number of nitrogens with zero attached hydrogens (tertiary/aromatic N) is 2. The highest BCUT2D eigenvalue weighted by atomic mass is 16.5. The Morgan fingerprint density at radius 1 is 1.45 bits per heavy atom. The molecule has 0 fully saturated rings. The molecule has 1 aromatic heterocycles. The van der Waals surface area contributed by atoms with Crippen LogP contribution in [-0.4, -0.2) is 21.2 Å². The van der Waals surface area contributed by atoms with Gasteiger partial charge in [-0.05, 0) is 17.7 Å². The lowest BCUT2D eigenvalue weighted by atomic mass is 10.1. The summed E-state index contributed by atoms with van der Waals surface area (Å²) in [4.78, 5) is 14.9. The van der Waals surface area contributed by atoms with E-state index in [4.69, 9.17) is 14.4 Å². The fourth-order valence-electron chi connectivity index (χ4n) is 1.63. The van der Waals surface area contributed by atoms with Gasteiger partial charge in [0.15, 0.2) is 12.4 Å². The number of benzene rings is 1. The van der Waals surface area contributed by atoms with Crippen molar-refractivity contribution in [2.45, 2.75) is 32.8 Å². The molecule has 0 aliphatic carbocycles. The van der Waals surface area contributed by atoms with Crippen molar-refractivity contribution in [3.8, 4) is 5.75 Å². The van der Waals surface area contributed by atoms with Crippen molar-refractivity contribution >= 4 is 5.97 Å². The number of carboxylic acid groups (broad SMARTS) is 1. The summed E-state index contributed by atoms with van der Waals surface area (Å²) in [5, 5.41) is 12.6. The molecule has 0 spiro atoms. The number of rotatable bonds is 6. The maximum Gasteiger partial charge on any atom is 0.307 e. The largest absolute Gasteiger partial charge is 0.484 e. The van der Waals surface area contributed by atoms with Crippen LogP contribution < -0.4 is 4.74 Å². The second-order valence-electron chi connectivity index (χ2n) is 4.71. The predicted molar refractivity (Wildman–Crippen MR) is 70.5 cm³/mol. The molecule has 0 aliphatic heterocycles. The average molecular weight is 276 g/mol. The quantitative estimate of drug-likeness (QED) is 0.872. The summed E-state index contributed by atoms with van der Waals surface area (Å²) in [5.74, 6) is 0.945. The number of aliphatic carboxylic acids is 1. The minimum absolute atomic E-state index is 0.0325. The zero-order valence-electron chi connectivity index (χ0n) is 11.4. The van der Waals surface area contributed by atoms with Gasteiger partial charge in [0.1, 0.15) is 5.75 Å². The second-order valence-corrected chi connectivity index (χ2v) is 4.71. The van der Waals surface area contributed by atoms with E-state index in [1.807, 2.05) is 13.8 Å². The summed E-state index contributed by atoms with van der Waals surface area (Å²) in [6.45, 7) is 4.12. The highest BCUT2D eigenvalue weighted by Gasteiger charge is 2.10. The van der Waals surface area contributed by atoms with Gasteiger partial charge in [0.2, 0.25) is 0 Å². The molecule has 1 heterocycles. The van der Waals surface area contributed by atoms with E-state index in [9.17, 15) is 4.79 Å². The Bertz CT molecular complexity index is 592. The van der Waals surface area contributed by atoms with Crippen molar-refractivity contribution in [2.24, 2.45) is 0 Å². The van der Waals surface area contributed by atoms with E-state index in [0.29, 0.717) is 23.0 Å². The summed E-state index contributed by atoms with van der Waals surface area (Å²) in [7, 11) is 0. The van der Waals surface area contributed by atoms with Gasteiger partial charge in [0, 0.05) is 5.92 Å². The number of hydrogen-bond donors (Lipinski definition) is 1. The fourth-order valence-corrected chi connectivity index (χ4v) is 1.63. The molecule has 1 aromatic carbocycles. The zero-order valence-corrected chi connectivity index (χ0v) is 11.4. The van der Waals surface area contributed by atoms with Crippen molar-refractivity contribution in [3.63, 3.8) is 0 Å². The summed E-state index contributed by atoms with van der Waals surface area (Å²) in [5.41, 5.74) is 0.684. The lowest BCUT2D eigenvalue weighted by Gasteiger charge is -2.04. The first-order valence-electron chi connectivity index (χ1n) is 6.30. The number of hydrogen-bond acceptors (Lipinski definition) is 5. The Morgan fingerprint density at radius 3 is 2.90 bits per heavy atom. The molecular formula is C14H16N2O4. The van der Waals surface area contributed by atoms with Gasteiger partial charge >= 0.3 is 5.97 Å². The Kier molecular flexibility index (Phi) is 4.34. The highest BCUT2D eigenvalue weighted by Crippen LogP contribution is 2.16. The first-order chi connectivity index (χ1) is 9.54. The molecule has 0 amide bonds. The van der Waals surface area contributed by atoms with Gasteiger partial charge in [-0.1, -0.05) is 31.1 Å². The molecule has 6 heteroatoms. The number of ether oxygens (including phenoxy) is 1. The van der Waals surface area contributed by atoms with Crippen LogP contribution >= 0.6 is 0 Å². The van der Waals surface area contributed by atoms with Crippen molar-refractivity contribution in [1.29, 1.82) is 0 Å². The zero-order chi connectivity index (χ0) is 14.5. The number of aromatic nitrogens is 2. The summed E-state index contributed by atoms with van der Waals surface area (Å²) in [6, 6.07) is 6.93. The van der Waals surface area contributed by atoms with Crippen LogP contribution in [0.5, 0.6) is 5.75 Å². The molecule has 2 rings (SSSR count). The highest BCUT2D eigenvalue weighted by molar-refractivity contribution is 5.70. The van der Waals surface area contributed by atoms with E-state index in [2.05, 4.69) is 10.1 Å². The minimum atomic E-state index is -0.874. The maximum absolute atomic E-state index is 10.7. The third kappa shape index (κ3) is 3.81. The molecule has 0 radical (unpaired) electrons. The third-order valence-electron chi connectivity index (χ3n) is 2.62. The Labute approximate surface area is 116 Å². The number of carboxylic acids is 1. The first-order valence-corrected chi connectivity index (χ1v) is 6.30. The van der Waals surface area contributed by atoms with Gasteiger partial charge in [-0.15, -0.1) is 0 Å². The van der Waals surface area contributed by atoms with Crippen molar-refractivity contribution < 1.29 is 19.2 Å². The van der Waals surface area contributed by atoms with E-state index in [-0.39, 0.29) is 18.9 Å². The molecule has 0 unspecified atom stereocenters. The average Bonchev–Trinajstić information content (AvgIpc) is 2.85. The van der Waals surface area contributed by atoms with Crippen LogP contribution in [0.25, 0.3) is 0 Å². The summed E-state index contributed by atoms with van der Waals surface area (Å²) < 4.78 is 10.6. The van der Waals surface area contributed by atoms with Crippen LogP contribution in [0, 0.1) is 0 Å². The standard InChI is InChI=1S/C14H16N2O4/c1-9(2)14-15-12(20-16-14)8-19-11-5-3-4-10(6-11)7-13(17)18/h3-6,9H,7-8H2,1-2H3,(H,17,18). The minimum Gasteiger partial charge on any atom is -0.484 e. The summed E-state index contributed by atoms with van der Waals surface area (Å²) in [6.07, 6.45) is -0.0325. The second kappa shape index (κ2) is 6.18. The molecular weight excluding hydrogens is 260 g/mol. The molecule has 0 bridgehead atoms. The molecule has 0 atom stereocenters. The van der Waals surface area contributed by atoms with Gasteiger partial charge in [-0.3, -0.25) is 4.79 Å².